The molecule has 0 atom stereocenters. The lowest BCUT2D eigenvalue weighted by molar-refractivity contribution is -0.150. The third-order valence-electron chi connectivity index (χ3n) is 0.917. The van der Waals surface area contributed by atoms with Crippen LogP contribution in [0.5, 0.6) is 0 Å². The van der Waals surface area contributed by atoms with Crippen molar-refractivity contribution in [1.82, 2.24) is 5.06 Å². The van der Waals surface area contributed by atoms with Gasteiger partial charge in [-0.25, -0.2) is 5.06 Å². The Morgan fingerprint density at radius 3 is 2.50 bits per heavy atom. The zero-order valence-electron chi connectivity index (χ0n) is 6.98. The van der Waals surface area contributed by atoms with E-state index in [1.54, 1.807) is 0 Å². The largest absolute Gasteiger partial charge is 0.285 e. The van der Waals surface area contributed by atoms with Gasteiger partial charge in [0, 0.05) is 13.5 Å². The standard InChI is InChI=1S/C6H11NO4S/c1-4-5-6(8)7(2)11-12(3,9)10/h4H,1,5H2,2-3H3. The molecule has 0 fully saturated rings. The van der Waals surface area contributed by atoms with Crippen LogP contribution in [0.2, 0.25) is 0 Å². The Bertz CT molecular complexity index is 269. The molecule has 0 aromatic heterocycles. The van der Waals surface area contributed by atoms with Gasteiger partial charge in [-0.2, -0.15) is 8.42 Å². The Hall–Kier alpha value is -0.880. The summed E-state index contributed by atoms with van der Waals surface area (Å²) >= 11 is 0. The van der Waals surface area contributed by atoms with Crippen LogP contribution in [0.25, 0.3) is 0 Å². The molecule has 0 rings (SSSR count). The smallest absolute Gasteiger partial charge is 0.272 e. The molecule has 0 heterocycles. The second-order valence-corrected chi connectivity index (χ2v) is 3.72. The molecule has 0 saturated heterocycles. The molecule has 0 radical (unpaired) electrons. The molecule has 0 aliphatic heterocycles. The van der Waals surface area contributed by atoms with Crippen LogP contribution >= 0.6 is 0 Å². The van der Waals surface area contributed by atoms with E-state index in [0.29, 0.717) is 5.06 Å². The van der Waals surface area contributed by atoms with Crippen molar-refractivity contribution in [2.24, 2.45) is 0 Å². The molecule has 6 heteroatoms. The SMILES string of the molecule is C=CCC(=O)N(C)OS(C)(=O)=O. The van der Waals surface area contributed by atoms with E-state index in [1.165, 1.54) is 13.1 Å². The van der Waals surface area contributed by atoms with Crippen LogP contribution in [0.3, 0.4) is 0 Å². The van der Waals surface area contributed by atoms with Gasteiger partial charge in [0.2, 0.25) is 0 Å². The highest BCUT2D eigenvalue weighted by molar-refractivity contribution is 7.85. The fourth-order valence-electron chi connectivity index (χ4n) is 0.497. The van der Waals surface area contributed by atoms with Gasteiger partial charge in [-0.3, -0.25) is 4.79 Å². The number of rotatable bonds is 4. The minimum absolute atomic E-state index is 0.0476. The van der Waals surface area contributed by atoms with Gasteiger partial charge >= 0.3 is 0 Å². The molecule has 0 N–H and O–H groups in total. The molecule has 0 aromatic carbocycles. The second-order valence-electron chi connectivity index (χ2n) is 2.16. The predicted octanol–water partition coefficient (Wildman–Crippen LogP) is -0.0879. The summed E-state index contributed by atoms with van der Waals surface area (Å²) in [4.78, 5) is 10.9. The van der Waals surface area contributed by atoms with E-state index in [9.17, 15) is 13.2 Å². The van der Waals surface area contributed by atoms with Crippen LogP contribution in [0.15, 0.2) is 12.7 Å². The van der Waals surface area contributed by atoms with Crippen molar-refractivity contribution >= 4 is 16.0 Å². The molecular weight excluding hydrogens is 182 g/mol. The van der Waals surface area contributed by atoms with Gasteiger partial charge in [-0.05, 0) is 0 Å². The minimum atomic E-state index is -3.62. The third-order valence-corrected chi connectivity index (χ3v) is 1.41. The quantitative estimate of drug-likeness (QED) is 0.462. The fourth-order valence-corrected chi connectivity index (χ4v) is 0.986. The Labute approximate surface area is 71.7 Å². The molecule has 0 unspecified atom stereocenters. The normalized spacial score (nSPS) is 10.8. The number of amides is 1. The maximum Gasteiger partial charge on any atom is 0.285 e. The molecule has 5 nitrogen and oxygen atoms in total. The molecule has 0 aliphatic carbocycles. The Morgan fingerprint density at radius 1 is 1.67 bits per heavy atom. The molecular formula is C6H11NO4S. The third kappa shape index (κ3) is 4.86. The van der Waals surface area contributed by atoms with Gasteiger partial charge in [0.15, 0.2) is 0 Å². The predicted molar refractivity (Wildman–Crippen MR) is 43.5 cm³/mol. The monoisotopic (exact) mass is 193 g/mol. The summed E-state index contributed by atoms with van der Waals surface area (Å²) in [6.07, 6.45) is 2.28. The van der Waals surface area contributed by atoms with E-state index in [0.717, 1.165) is 6.26 Å². The molecule has 0 saturated carbocycles. The average molecular weight is 193 g/mol. The van der Waals surface area contributed by atoms with Crippen molar-refractivity contribution in [2.45, 2.75) is 6.42 Å². The summed E-state index contributed by atoms with van der Waals surface area (Å²) in [6.45, 7) is 3.33. The summed E-state index contributed by atoms with van der Waals surface area (Å²) in [6, 6.07) is 0. The van der Waals surface area contributed by atoms with Crippen molar-refractivity contribution in [3.05, 3.63) is 12.7 Å². The number of hydroxylamine groups is 2. The van der Waals surface area contributed by atoms with Gasteiger partial charge in [-0.15, -0.1) is 10.9 Å². The molecule has 70 valence electrons. The van der Waals surface area contributed by atoms with Crippen LogP contribution in [0, 0.1) is 0 Å². The van der Waals surface area contributed by atoms with Crippen molar-refractivity contribution in [2.75, 3.05) is 13.3 Å². The summed E-state index contributed by atoms with van der Waals surface area (Å²) in [7, 11) is -2.39. The van der Waals surface area contributed by atoms with Crippen molar-refractivity contribution in [3.8, 4) is 0 Å². The van der Waals surface area contributed by atoms with E-state index >= 15 is 0 Å². The lowest BCUT2D eigenvalue weighted by Crippen LogP contribution is -2.28. The molecule has 1 amide bonds. The number of hydrogen-bond acceptors (Lipinski definition) is 4. The molecule has 0 aromatic rings. The lowest BCUT2D eigenvalue weighted by atomic mass is 10.4. The van der Waals surface area contributed by atoms with Gasteiger partial charge < -0.3 is 0 Å². The summed E-state index contributed by atoms with van der Waals surface area (Å²) in [5.74, 6) is -0.463. The molecule has 0 bridgehead atoms. The van der Waals surface area contributed by atoms with E-state index in [1.807, 2.05) is 0 Å². The Morgan fingerprint density at radius 2 is 2.17 bits per heavy atom. The first kappa shape index (κ1) is 11.1. The number of hydrogen-bond donors (Lipinski definition) is 0. The summed E-state index contributed by atoms with van der Waals surface area (Å²) in [5.41, 5.74) is 0. The first-order valence-corrected chi connectivity index (χ1v) is 4.95. The fraction of sp³-hybridized carbons (Fsp3) is 0.500. The highest BCUT2D eigenvalue weighted by Gasteiger charge is 2.12. The van der Waals surface area contributed by atoms with Gasteiger partial charge in [0.1, 0.15) is 0 Å². The zero-order valence-corrected chi connectivity index (χ0v) is 7.80. The highest BCUT2D eigenvalue weighted by atomic mass is 32.2. The van der Waals surface area contributed by atoms with Crippen molar-refractivity contribution in [1.29, 1.82) is 0 Å². The minimum Gasteiger partial charge on any atom is -0.272 e. The lowest BCUT2D eigenvalue weighted by Gasteiger charge is -2.12. The molecule has 0 spiro atoms. The summed E-state index contributed by atoms with van der Waals surface area (Å²) < 4.78 is 25.3. The van der Waals surface area contributed by atoms with Crippen LogP contribution in [-0.4, -0.2) is 32.7 Å². The summed E-state index contributed by atoms with van der Waals surface area (Å²) in [5, 5.41) is 0.664. The van der Waals surface area contributed by atoms with E-state index < -0.39 is 16.0 Å². The number of carbonyl (C=O) groups excluding carboxylic acids is 1. The Kier molecular flexibility index (Phi) is 3.91. The molecule has 12 heavy (non-hydrogen) atoms. The number of carbonyl (C=O) groups is 1. The van der Waals surface area contributed by atoms with Crippen molar-refractivity contribution in [3.63, 3.8) is 0 Å². The van der Waals surface area contributed by atoms with E-state index in [4.69, 9.17) is 0 Å². The van der Waals surface area contributed by atoms with E-state index in [2.05, 4.69) is 10.9 Å². The maximum atomic E-state index is 10.9. The first-order valence-electron chi connectivity index (χ1n) is 3.14. The van der Waals surface area contributed by atoms with Crippen molar-refractivity contribution < 1.29 is 17.5 Å². The van der Waals surface area contributed by atoms with Crippen LogP contribution < -0.4 is 0 Å². The van der Waals surface area contributed by atoms with Gasteiger partial charge in [-0.1, -0.05) is 6.08 Å². The number of nitrogens with zero attached hydrogens (tertiary/aromatic N) is 1. The zero-order chi connectivity index (χ0) is 9.78. The maximum absolute atomic E-state index is 10.9. The van der Waals surface area contributed by atoms with Crippen LogP contribution in [0.4, 0.5) is 0 Å². The van der Waals surface area contributed by atoms with Crippen LogP contribution in [0.1, 0.15) is 6.42 Å². The van der Waals surface area contributed by atoms with E-state index in [-0.39, 0.29) is 6.42 Å². The molecule has 0 aliphatic rings. The van der Waals surface area contributed by atoms with Crippen LogP contribution in [-0.2, 0) is 19.2 Å². The van der Waals surface area contributed by atoms with Gasteiger partial charge in [0.25, 0.3) is 16.0 Å². The van der Waals surface area contributed by atoms with Gasteiger partial charge in [0.05, 0.1) is 6.26 Å². The highest BCUT2D eigenvalue weighted by Crippen LogP contribution is 1.96. The second kappa shape index (κ2) is 4.22. The average Bonchev–Trinajstić information content (AvgIpc) is 1.84. The topological polar surface area (TPSA) is 63.7 Å². The first-order chi connectivity index (χ1) is 5.37. The Balaban J connectivity index is 4.13.